The number of aromatic nitrogens is 1. The number of ether oxygens (including phenoxy) is 2. The molecule has 5 nitrogen and oxygen atoms in total. The summed E-state index contributed by atoms with van der Waals surface area (Å²) in [5, 5.41) is -0.0918. The first-order valence-electron chi connectivity index (χ1n) is 9.29. The van der Waals surface area contributed by atoms with Crippen molar-refractivity contribution in [3.8, 4) is 5.75 Å². The molecule has 1 aliphatic heterocycles. The summed E-state index contributed by atoms with van der Waals surface area (Å²) in [4.78, 5) is 18.6. The normalized spacial score (nSPS) is 18.1. The Kier molecular flexibility index (Phi) is 5.46. The fourth-order valence-electron chi connectivity index (χ4n) is 3.67. The number of rotatable bonds is 3. The number of morpholine rings is 1. The Hall–Kier alpha value is -2.58. The average Bonchev–Trinajstić information content (AvgIpc) is 3.03. The maximum Gasteiger partial charge on any atom is 0.417 e. The van der Waals surface area contributed by atoms with E-state index in [0.717, 1.165) is 17.3 Å². The molecule has 2 heterocycles. The molecule has 1 aromatic carbocycles. The molecule has 0 unspecified atom stereocenters. The van der Waals surface area contributed by atoms with Crippen molar-refractivity contribution >= 4 is 29.1 Å². The zero-order chi connectivity index (χ0) is 21.5. The van der Waals surface area contributed by atoms with E-state index in [1.165, 1.54) is 13.2 Å². The lowest BCUT2D eigenvalue weighted by Crippen LogP contribution is -2.36. The highest BCUT2D eigenvalue weighted by Crippen LogP contribution is 2.39. The Bertz CT molecular complexity index is 1030. The number of fused-ring (bicyclic) bond motifs is 1. The van der Waals surface area contributed by atoms with Crippen molar-refractivity contribution in [2.24, 2.45) is 0 Å². The fraction of sp³-hybridized carbons (Fsp3) is 0.333. The molecule has 9 heteroatoms. The molecule has 1 aliphatic carbocycles. The van der Waals surface area contributed by atoms with Crippen molar-refractivity contribution in [2.45, 2.75) is 12.6 Å². The number of ketones is 1. The van der Waals surface area contributed by atoms with E-state index < -0.39 is 11.7 Å². The zero-order valence-electron chi connectivity index (χ0n) is 16.1. The SMILES string of the molecule is COc1cc2c(cc1N1CCOCC1)C/C(=C\c1cc(C(F)(F)F)cnc1Cl)C2=O. The number of pyridine rings is 1. The number of alkyl halides is 3. The third-order valence-corrected chi connectivity index (χ3v) is 5.51. The highest BCUT2D eigenvalue weighted by molar-refractivity contribution is 6.31. The van der Waals surface area contributed by atoms with Crippen LogP contribution in [0.4, 0.5) is 18.9 Å². The maximum absolute atomic E-state index is 13.0. The number of methoxy groups -OCH3 is 1. The number of anilines is 1. The van der Waals surface area contributed by atoms with Gasteiger partial charge in [0, 0.05) is 42.4 Å². The molecule has 1 saturated heterocycles. The number of nitrogens with zero attached hydrogens (tertiary/aromatic N) is 2. The van der Waals surface area contributed by atoms with Crippen molar-refractivity contribution in [3.63, 3.8) is 0 Å². The maximum atomic E-state index is 13.0. The molecule has 1 aromatic heterocycles. The van der Waals surface area contributed by atoms with Gasteiger partial charge >= 0.3 is 6.18 Å². The number of Topliss-reactive ketones (excluding diaryl/α,β-unsaturated/α-hetero) is 1. The first kappa shape index (κ1) is 20.7. The number of allylic oxidation sites excluding steroid dienone is 1. The molecule has 0 saturated carbocycles. The number of hydrogen-bond acceptors (Lipinski definition) is 5. The third kappa shape index (κ3) is 3.89. The van der Waals surface area contributed by atoms with Crippen LogP contribution < -0.4 is 9.64 Å². The van der Waals surface area contributed by atoms with Crippen LogP contribution in [0.15, 0.2) is 30.0 Å². The molecule has 0 N–H and O–H groups in total. The van der Waals surface area contributed by atoms with Crippen LogP contribution in [0.2, 0.25) is 5.15 Å². The standard InChI is InChI=1S/C21H18ClF3N2O3/c1-29-18-10-16-12(9-17(18)27-2-4-30-5-3-27)6-13(19(16)28)7-14-8-15(21(23,24)25)11-26-20(14)22/h7-11H,2-6H2,1H3/b13-7+. The molecule has 0 atom stereocenters. The minimum atomic E-state index is -4.55. The van der Waals surface area contributed by atoms with Gasteiger partial charge in [-0.2, -0.15) is 13.2 Å². The summed E-state index contributed by atoms with van der Waals surface area (Å²) in [7, 11) is 1.54. The van der Waals surface area contributed by atoms with Crippen molar-refractivity contribution in [2.75, 3.05) is 38.3 Å². The first-order chi connectivity index (χ1) is 14.3. The zero-order valence-corrected chi connectivity index (χ0v) is 16.8. The molecule has 0 radical (unpaired) electrons. The van der Waals surface area contributed by atoms with E-state index in [1.54, 1.807) is 6.07 Å². The van der Waals surface area contributed by atoms with E-state index in [4.69, 9.17) is 21.1 Å². The number of halogens is 4. The summed E-state index contributed by atoms with van der Waals surface area (Å²) < 4.78 is 49.9. The van der Waals surface area contributed by atoms with Gasteiger partial charge in [0.25, 0.3) is 0 Å². The van der Waals surface area contributed by atoms with Gasteiger partial charge in [0.05, 0.1) is 31.6 Å². The van der Waals surface area contributed by atoms with Gasteiger partial charge < -0.3 is 14.4 Å². The van der Waals surface area contributed by atoms with E-state index in [-0.39, 0.29) is 16.5 Å². The Balaban J connectivity index is 1.70. The molecule has 2 aromatic rings. The molecule has 158 valence electrons. The van der Waals surface area contributed by atoms with E-state index in [9.17, 15) is 18.0 Å². The predicted octanol–water partition coefficient (Wildman–Crippen LogP) is 4.42. The van der Waals surface area contributed by atoms with E-state index in [1.807, 2.05) is 6.07 Å². The van der Waals surface area contributed by atoms with E-state index in [0.29, 0.717) is 55.8 Å². The van der Waals surface area contributed by atoms with Crippen molar-refractivity contribution in [3.05, 3.63) is 57.4 Å². The van der Waals surface area contributed by atoms with Gasteiger partial charge in [0.1, 0.15) is 10.9 Å². The second-order valence-electron chi connectivity index (χ2n) is 7.06. The second-order valence-corrected chi connectivity index (χ2v) is 7.42. The van der Waals surface area contributed by atoms with E-state index in [2.05, 4.69) is 9.88 Å². The van der Waals surface area contributed by atoms with Crippen LogP contribution in [0.25, 0.3) is 6.08 Å². The highest BCUT2D eigenvalue weighted by atomic mass is 35.5. The van der Waals surface area contributed by atoms with Crippen LogP contribution in [0.5, 0.6) is 5.75 Å². The Labute approximate surface area is 176 Å². The van der Waals surface area contributed by atoms with Crippen molar-refractivity contribution in [1.29, 1.82) is 0 Å². The van der Waals surface area contributed by atoms with Crippen LogP contribution in [0.1, 0.15) is 27.0 Å². The average molecular weight is 439 g/mol. The summed E-state index contributed by atoms with van der Waals surface area (Å²) in [6, 6.07) is 4.50. The third-order valence-electron chi connectivity index (χ3n) is 5.20. The van der Waals surface area contributed by atoms with Gasteiger partial charge in [-0.1, -0.05) is 11.6 Å². The number of carbonyl (C=O) groups is 1. The predicted molar refractivity (Wildman–Crippen MR) is 106 cm³/mol. The minimum absolute atomic E-state index is 0.0583. The quantitative estimate of drug-likeness (QED) is 0.524. The van der Waals surface area contributed by atoms with Crippen LogP contribution >= 0.6 is 11.6 Å². The highest BCUT2D eigenvalue weighted by Gasteiger charge is 2.32. The summed E-state index contributed by atoms with van der Waals surface area (Å²) in [5.41, 5.74) is 1.64. The molecule has 0 spiro atoms. The molecule has 2 aliphatic rings. The Morgan fingerprint density at radius 3 is 2.63 bits per heavy atom. The minimum Gasteiger partial charge on any atom is -0.495 e. The lowest BCUT2D eigenvalue weighted by Gasteiger charge is -2.30. The molecular formula is C21H18ClF3N2O3. The molecule has 0 amide bonds. The van der Waals surface area contributed by atoms with Crippen LogP contribution in [0.3, 0.4) is 0 Å². The number of carbonyl (C=O) groups excluding carboxylic acids is 1. The topological polar surface area (TPSA) is 51.7 Å². The Morgan fingerprint density at radius 2 is 1.97 bits per heavy atom. The Morgan fingerprint density at radius 1 is 1.23 bits per heavy atom. The largest absolute Gasteiger partial charge is 0.495 e. The summed E-state index contributed by atoms with van der Waals surface area (Å²) >= 11 is 5.99. The number of benzene rings is 1. The van der Waals surface area contributed by atoms with Crippen LogP contribution in [0, 0.1) is 0 Å². The lowest BCUT2D eigenvalue weighted by atomic mass is 10.1. The van der Waals surface area contributed by atoms with Crippen molar-refractivity contribution < 1.29 is 27.4 Å². The summed E-state index contributed by atoms with van der Waals surface area (Å²) in [5.74, 6) is 0.314. The summed E-state index contributed by atoms with van der Waals surface area (Å²) in [6.45, 7) is 2.62. The van der Waals surface area contributed by atoms with Gasteiger partial charge in [-0.3, -0.25) is 4.79 Å². The van der Waals surface area contributed by atoms with Gasteiger partial charge in [-0.05, 0) is 29.8 Å². The molecular weight excluding hydrogens is 421 g/mol. The lowest BCUT2D eigenvalue weighted by molar-refractivity contribution is -0.137. The van der Waals surface area contributed by atoms with Gasteiger partial charge in [0.15, 0.2) is 5.78 Å². The molecule has 0 bridgehead atoms. The number of hydrogen-bond donors (Lipinski definition) is 0. The first-order valence-corrected chi connectivity index (χ1v) is 9.67. The fourth-order valence-corrected chi connectivity index (χ4v) is 3.83. The second kappa shape index (κ2) is 7.92. The van der Waals surface area contributed by atoms with Crippen LogP contribution in [-0.2, 0) is 17.3 Å². The molecule has 1 fully saturated rings. The summed E-state index contributed by atoms with van der Waals surface area (Å²) in [6.07, 6.45) is -2.20. The van der Waals surface area contributed by atoms with Gasteiger partial charge in [-0.15, -0.1) is 0 Å². The van der Waals surface area contributed by atoms with E-state index >= 15 is 0 Å². The monoisotopic (exact) mass is 438 g/mol. The van der Waals surface area contributed by atoms with Crippen LogP contribution in [-0.4, -0.2) is 44.2 Å². The molecule has 30 heavy (non-hydrogen) atoms. The van der Waals surface area contributed by atoms with Gasteiger partial charge in [0.2, 0.25) is 0 Å². The van der Waals surface area contributed by atoms with Gasteiger partial charge in [-0.25, -0.2) is 4.98 Å². The smallest absolute Gasteiger partial charge is 0.417 e. The van der Waals surface area contributed by atoms with Crippen molar-refractivity contribution in [1.82, 2.24) is 4.98 Å². The molecule has 4 rings (SSSR count).